The number of hydrogen-bond acceptors (Lipinski definition) is 6. The molecule has 4 N–H and O–H groups in total. The third kappa shape index (κ3) is 7.83. The number of likely N-dealkylation sites (tertiary alicyclic amines) is 1. The number of nitrogens with zero attached hydrogens (tertiary/aromatic N) is 1. The number of urea groups is 1. The lowest BCUT2D eigenvalue weighted by Crippen LogP contribution is -2.54. The highest BCUT2D eigenvalue weighted by molar-refractivity contribution is 5.89. The maximum Gasteiger partial charge on any atom is 0.490 e. The number of aliphatic carboxylic acids is 1. The quantitative estimate of drug-likeness (QED) is 0.346. The van der Waals surface area contributed by atoms with Crippen molar-refractivity contribution in [3.8, 4) is 11.5 Å². The molecule has 1 aliphatic heterocycles. The Labute approximate surface area is 244 Å². The minimum absolute atomic E-state index is 0.0109. The zero-order chi connectivity index (χ0) is 31.9. The monoisotopic (exact) mass is 616 g/mol. The Morgan fingerprint density at radius 1 is 1.02 bits per heavy atom. The van der Waals surface area contributed by atoms with Crippen molar-refractivity contribution in [2.45, 2.75) is 49.4 Å². The Kier molecular flexibility index (Phi) is 10.8. The van der Waals surface area contributed by atoms with Gasteiger partial charge in [0, 0.05) is 35.8 Å². The van der Waals surface area contributed by atoms with Crippen molar-refractivity contribution in [1.82, 2.24) is 15.5 Å². The van der Waals surface area contributed by atoms with E-state index in [1.54, 1.807) is 21.3 Å². The molecule has 4 rings (SSSR count). The van der Waals surface area contributed by atoms with Crippen molar-refractivity contribution in [2.24, 2.45) is 0 Å². The molecule has 236 valence electrons. The molecule has 43 heavy (non-hydrogen) atoms. The fourth-order valence-corrected chi connectivity index (χ4v) is 5.64. The molecule has 0 bridgehead atoms. The van der Waals surface area contributed by atoms with Gasteiger partial charge in [0.15, 0.2) is 23.1 Å². The van der Waals surface area contributed by atoms with E-state index >= 15 is 0 Å². The van der Waals surface area contributed by atoms with Crippen molar-refractivity contribution in [2.75, 3.05) is 39.7 Å². The van der Waals surface area contributed by atoms with E-state index in [0.29, 0.717) is 30.9 Å². The predicted octanol–water partition coefficient (Wildman–Crippen LogP) is 4.05. The first-order valence-electron chi connectivity index (χ1n) is 13.2. The molecule has 15 heteroatoms. The first kappa shape index (κ1) is 33.4. The molecular weight excluding hydrogens is 583 g/mol. The molecule has 2 aromatic rings. The molecule has 2 aliphatic rings. The maximum absolute atomic E-state index is 13.5. The van der Waals surface area contributed by atoms with Crippen LogP contribution in [0.1, 0.15) is 31.2 Å². The third-order valence-electron chi connectivity index (χ3n) is 7.62. The zero-order valence-corrected chi connectivity index (χ0v) is 23.7. The predicted molar refractivity (Wildman–Crippen MR) is 145 cm³/mol. The maximum atomic E-state index is 13.5. The Morgan fingerprint density at radius 2 is 1.70 bits per heavy atom. The molecule has 2 fully saturated rings. The molecule has 3 atom stereocenters. The summed E-state index contributed by atoms with van der Waals surface area (Å²) in [6.07, 6.45) is -2.26. The van der Waals surface area contributed by atoms with Crippen LogP contribution in [0, 0.1) is 11.6 Å². The number of carboxylic acid groups (broad SMARTS) is 1. The Balaban J connectivity index is 0.000000646. The van der Waals surface area contributed by atoms with E-state index in [2.05, 4.69) is 16.0 Å². The number of benzene rings is 2. The summed E-state index contributed by atoms with van der Waals surface area (Å²) >= 11 is 0. The number of methoxy groups -OCH3 is 2. The van der Waals surface area contributed by atoms with Crippen molar-refractivity contribution >= 4 is 23.6 Å². The van der Waals surface area contributed by atoms with Crippen LogP contribution in [0.25, 0.3) is 0 Å². The van der Waals surface area contributed by atoms with E-state index in [1.807, 2.05) is 23.1 Å². The Bertz CT molecular complexity index is 1330. The number of fused-ring (bicyclic) bond motifs is 1. The number of anilines is 1. The van der Waals surface area contributed by atoms with Gasteiger partial charge in [0.2, 0.25) is 5.91 Å². The summed E-state index contributed by atoms with van der Waals surface area (Å²) in [4.78, 5) is 36.4. The highest BCUT2D eigenvalue weighted by atomic mass is 19.4. The van der Waals surface area contributed by atoms with Crippen molar-refractivity contribution in [3.63, 3.8) is 0 Å². The molecule has 0 radical (unpaired) electrons. The van der Waals surface area contributed by atoms with Gasteiger partial charge in [-0.3, -0.25) is 4.79 Å². The SMILES string of the molecule is CNCC(=O)N1CC[C@]2(c3ccc(OC)c(OC)c3)CC[C@@H](NC(=O)Nc3ccc(F)c(F)c3)C[C@H]12.O=C(O)C(F)(F)F. The summed E-state index contributed by atoms with van der Waals surface area (Å²) in [6, 6.07) is 8.28. The van der Waals surface area contributed by atoms with Crippen molar-refractivity contribution < 1.29 is 50.9 Å². The molecule has 1 aliphatic carbocycles. The summed E-state index contributed by atoms with van der Waals surface area (Å²) < 4.78 is 69.4. The minimum Gasteiger partial charge on any atom is -0.493 e. The first-order chi connectivity index (χ1) is 20.2. The normalized spacial score (nSPS) is 21.2. The van der Waals surface area contributed by atoms with E-state index in [-0.39, 0.29) is 35.6 Å². The lowest BCUT2D eigenvalue weighted by molar-refractivity contribution is -0.192. The molecule has 0 unspecified atom stereocenters. The number of amides is 3. The van der Waals surface area contributed by atoms with Crippen LogP contribution in [0.3, 0.4) is 0 Å². The number of halogens is 5. The number of ether oxygens (including phenoxy) is 2. The summed E-state index contributed by atoms with van der Waals surface area (Å²) in [7, 11) is 4.93. The van der Waals surface area contributed by atoms with E-state index < -0.39 is 29.8 Å². The highest BCUT2D eigenvalue weighted by Crippen LogP contribution is 2.50. The number of carbonyl (C=O) groups excluding carboxylic acids is 2. The van der Waals surface area contributed by atoms with Crippen LogP contribution in [-0.4, -0.2) is 80.5 Å². The average Bonchev–Trinajstić information content (AvgIpc) is 3.34. The molecular formula is C28H33F5N4O6. The van der Waals surface area contributed by atoms with Gasteiger partial charge in [0.05, 0.1) is 20.8 Å². The van der Waals surface area contributed by atoms with Crippen LogP contribution < -0.4 is 25.4 Å². The van der Waals surface area contributed by atoms with Gasteiger partial charge in [-0.05, 0) is 62.6 Å². The van der Waals surface area contributed by atoms with Gasteiger partial charge in [-0.2, -0.15) is 13.2 Å². The second-order valence-corrected chi connectivity index (χ2v) is 10.1. The molecule has 0 spiro atoms. The molecule has 10 nitrogen and oxygen atoms in total. The molecule has 0 aromatic heterocycles. The van der Waals surface area contributed by atoms with Crippen LogP contribution in [0.4, 0.5) is 32.4 Å². The van der Waals surface area contributed by atoms with Gasteiger partial charge in [0.1, 0.15) is 0 Å². The third-order valence-corrected chi connectivity index (χ3v) is 7.62. The molecule has 1 saturated heterocycles. The van der Waals surface area contributed by atoms with Crippen LogP contribution in [0.2, 0.25) is 0 Å². The Morgan fingerprint density at radius 3 is 2.28 bits per heavy atom. The van der Waals surface area contributed by atoms with Gasteiger partial charge >= 0.3 is 18.2 Å². The lowest BCUT2D eigenvalue weighted by Gasteiger charge is -2.45. The van der Waals surface area contributed by atoms with E-state index in [9.17, 15) is 31.5 Å². The number of carbonyl (C=O) groups is 3. The molecule has 1 saturated carbocycles. The topological polar surface area (TPSA) is 129 Å². The van der Waals surface area contributed by atoms with Crippen molar-refractivity contribution in [1.29, 1.82) is 0 Å². The summed E-state index contributed by atoms with van der Waals surface area (Å²) in [6.45, 7) is 0.848. The van der Waals surface area contributed by atoms with Gasteiger partial charge in [-0.1, -0.05) is 6.07 Å². The molecule has 3 amide bonds. The van der Waals surface area contributed by atoms with Gasteiger partial charge in [0.25, 0.3) is 0 Å². The zero-order valence-electron chi connectivity index (χ0n) is 23.7. The summed E-state index contributed by atoms with van der Waals surface area (Å²) in [5.74, 6) is -3.49. The second kappa shape index (κ2) is 13.9. The van der Waals surface area contributed by atoms with Gasteiger partial charge < -0.3 is 35.4 Å². The fraction of sp³-hybridized carbons (Fsp3) is 0.464. The standard InChI is InChI=1S/C26H32F2N4O4.C2HF3O2/c1-29-15-24(33)32-11-10-26(16-4-7-21(35-2)22(12-16)36-3)9-8-18(14-23(26)32)31-25(34)30-17-5-6-19(27)20(28)13-17;3-2(4,5)1(6)7/h4-7,12-13,18,23,29H,8-11,14-15H2,1-3H3,(H2,30,31,34);(H,6,7)/t18-,23+,26+;/m1./s1. The Hall–Kier alpha value is -4.14. The van der Waals surface area contributed by atoms with Crippen LogP contribution in [0.15, 0.2) is 36.4 Å². The van der Waals surface area contributed by atoms with Gasteiger partial charge in [-0.25, -0.2) is 18.4 Å². The summed E-state index contributed by atoms with van der Waals surface area (Å²) in [5, 5.41) is 15.6. The lowest BCUT2D eigenvalue weighted by atomic mass is 9.65. The number of carboxylic acids is 1. The molecule has 2 aromatic carbocycles. The fourth-order valence-electron chi connectivity index (χ4n) is 5.64. The van der Waals surface area contributed by atoms with Crippen LogP contribution >= 0.6 is 0 Å². The minimum atomic E-state index is -5.08. The largest absolute Gasteiger partial charge is 0.493 e. The smallest absolute Gasteiger partial charge is 0.490 e. The highest BCUT2D eigenvalue weighted by Gasteiger charge is 2.53. The van der Waals surface area contributed by atoms with Crippen LogP contribution in [-0.2, 0) is 15.0 Å². The number of likely N-dealkylation sites (N-methyl/N-ethyl adjacent to an activating group) is 1. The average molecular weight is 617 g/mol. The van der Waals surface area contributed by atoms with E-state index in [0.717, 1.165) is 30.5 Å². The number of nitrogens with one attached hydrogen (secondary N) is 3. The van der Waals surface area contributed by atoms with Gasteiger partial charge in [-0.15, -0.1) is 0 Å². The van der Waals surface area contributed by atoms with E-state index in [4.69, 9.17) is 19.4 Å². The summed E-state index contributed by atoms with van der Waals surface area (Å²) in [5.41, 5.74) is 0.959. The van der Waals surface area contributed by atoms with Crippen molar-refractivity contribution in [3.05, 3.63) is 53.6 Å². The first-order valence-corrected chi connectivity index (χ1v) is 13.2. The molecule has 1 heterocycles. The van der Waals surface area contributed by atoms with Crippen LogP contribution in [0.5, 0.6) is 11.5 Å². The number of alkyl halides is 3. The number of rotatable bonds is 7. The van der Waals surface area contributed by atoms with E-state index in [1.165, 1.54) is 6.07 Å². The number of hydrogen-bond donors (Lipinski definition) is 4. The second-order valence-electron chi connectivity index (χ2n) is 10.1.